The number of nitrogen functional groups attached to an aromatic ring is 2. The average molecular weight is 491 g/mol. The van der Waals surface area contributed by atoms with Crippen LogP contribution in [0.2, 0.25) is 0 Å². The van der Waals surface area contributed by atoms with Crippen LogP contribution in [0.25, 0.3) is 0 Å². The highest BCUT2D eigenvalue weighted by atomic mass is 32.2. The molecule has 0 radical (unpaired) electrons. The number of carboxylic acid groups (broad SMARTS) is 1. The normalized spacial score (nSPS) is 12.1. The fourth-order valence-electron chi connectivity index (χ4n) is 2.85. The number of hydrogen-bond donors (Lipinski definition) is 5. The number of amides is 1. The number of nitrogens with two attached hydrogens (primary N) is 2. The van der Waals surface area contributed by atoms with E-state index in [4.69, 9.17) is 11.5 Å². The summed E-state index contributed by atoms with van der Waals surface area (Å²) < 4.78 is 55.9. The lowest BCUT2D eigenvalue weighted by Gasteiger charge is -2.15. The zero-order valence-electron chi connectivity index (χ0n) is 17.3. The van der Waals surface area contributed by atoms with E-state index in [2.05, 4.69) is 10.3 Å². The van der Waals surface area contributed by atoms with Crippen molar-refractivity contribution in [1.82, 2.24) is 10.3 Å². The van der Waals surface area contributed by atoms with Crippen LogP contribution in [0, 0.1) is 11.6 Å². The van der Waals surface area contributed by atoms with Crippen molar-refractivity contribution in [2.24, 2.45) is 0 Å². The van der Waals surface area contributed by atoms with Crippen LogP contribution in [0.15, 0.2) is 59.6 Å². The van der Waals surface area contributed by atoms with Gasteiger partial charge in [0.15, 0.2) is 0 Å². The lowest BCUT2D eigenvalue weighted by atomic mass is 10.1. The molecule has 3 aromatic rings. The maximum Gasteiger partial charge on any atom is 0.326 e. The SMILES string of the molecule is Nc1ccc(S(=O)(=O)Nc2cc(F)c(C(=O)N[C@@H](Cc3ccc(N)cn3)C(=O)O)cc2F)cc1. The van der Waals surface area contributed by atoms with E-state index in [1.807, 2.05) is 4.72 Å². The number of carbonyl (C=O) groups excluding carboxylic acids is 1. The van der Waals surface area contributed by atoms with E-state index >= 15 is 0 Å². The van der Waals surface area contributed by atoms with Gasteiger partial charge in [-0.15, -0.1) is 0 Å². The molecule has 13 heteroatoms. The molecule has 0 saturated heterocycles. The van der Waals surface area contributed by atoms with Gasteiger partial charge < -0.3 is 21.9 Å². The number of aromatic nitrogens is 1. The third-order valence-corrected chi connectivity index (χ3v) is 5.98. The molecule has 2 aromatic carbocycles. The van der Waals surface area contributed by atoms with E-state index in [0.29, 0.717) is 29.2 Å². The Morgan fingerprint density at radius 3 is 2.24 bits per heavy atom. The Morgan fingerprint density at radius 2 is 1.65 bits per heavy atom. The zero-order valence-corrected chi connectivity index (χ0v) is 18.1. The molecule has 7 N–H and O–H groups in total. The summed E-state index contributed by atoms with van der Waals surface area (Å²) in [5.41, 5.74) is 10.4. The molecule has 10 nitrogen and oxygen atoms in total. The fraction of sp³-hybridized carbons (Fsp3) is 0.0952. The van der Waals surface area contributed by atoms with Gasteiger partial charge in [0, 0.05) is 23.9 Å². The second-order valence-electron chi connectivity index (χ2n) is 7.14. The standard InChI is InChI=1S/C21H19F2N5O5S/c22-16-9-18(28-34(32,33)14-5-2-11(24)3-6-14)17(23)8-15(16)20(29)27-19(21(30)31)7-13-4-1-12(25)10-26-13/h1-6,8-10,19,28H,7,24-25H2,(H,27,29)(H,30,31)/t19-/m0/s1. The summed E-state index contributed by atoms with van der Waals surface area (Å²) in [5, 5.41) is 11.5. The predicted octanol–water partition coefficient (Wildman–Crippen LogP) is 1.75. The first-order valence-corrected chi connectivity index (χ1v) is 11.1. The minimum Gasteiger partial charge on any atom is -0.480 e. The van der Waals surface area contributed by atoms with Crippen LogP contribution in [0.4, 0.5) is 25.8 Å². The average Bonchev–Trinajstić information content (AvgIpc) is 2.77. The molecule has 0 fully saturated rings. The van der Waals surface area contributed by atoms with E-state index in [1.54, 1.807) is 0 Å². The maximum absolute atomic E-state index is 14.6. The van der Waals surface area contributed by atoms with Gasteiger partial charge in [-0.05, 0) is 42.5 Å². The van der Waals surface area contributed by atoms with Crippen LogP contribution in [-0.2, 0) is 21.2 Å². The van der Waals surface area contributed by atoms with Crippen LogP contribution in [0.5, 0.6) is 0 Å². The maximum atomic E-state index is 14.6. The number of hydrogen-bond acceptors (Lipinski definition) is 7. The Morgan fingerprint density at radius 1 is 1.00 bits per heavy atom. The number of nitrogens with one attached hydrogen (secondary N) is 2. The molecule has 1 heterocycles. The van der Waals surface area contributed by atoms with Crippen molar-refractivity contribution in [2.75, 3.05) is 16.2 Å². The van der Waals surface area contributed by atoms with Gasteiger partial charge >= 0.3 is 5.97 Å². The monoisotopic (exact) mass is 491 g/mol. The highest BCUT2D eigenvalue weighted by Crippen LogP contribution is 2.23. The first kappa shape index (κ1) is 24.4. The van der Waals surface area contributed by atoms with Crippen molar-refractivity contribution in [1.29, 1.82) is 0 Å². The second kappa shape index (κ2) is 9.70. The van der Waals surface area contributed by atoms with Crippen LogP contribution in [0.3, 0.4) is 0 Å². The largest absolute Gasteiger partial charge is 0.480 e. The number of benzene rings is 2. The summed E-state index contributed by atoms with van der Waals surface area (Å²) in [6.45, 7) is 0. The summed E-state index contributed by atoms with van der Waals surface area (Å²) in [7, 11) is -4.28. The number of sulfonamides is 1. The molecule has 34 heavy (non-hydrogen) atoms. The highest BCUT2D eigenvalue weighted by Gasteiger charge is 2.25. The number of halogens is 2. The molecule has 1 atom stereocenters. The summed E-state index contributed by atoms with van der Waals surface area (Å²) in [6.07, 6.45) is 1.06. The molecule has 0 aliphatic rings. The van der Waals surface area contributed by atoms with Gasteiger partial charge in [-0.1, -0.05) is 0 Å². The van der Waals surface area contributed by atoms with Crippen LogP contribution < -0.4 is 21.5 Å². The van der Waals surface area contributed by atoms with Crippen LogP contribution in [0.1, 0.15) is 16.1 Å². The summed E-state index contributed by atoms with van der Waals surface area (Å²) >= 11 is 0. The van der Waals surface area contributed by atoms with E-state index in [-0.39, 0.29) is 11.3 Å². The van der Waals surface area contributed by atoms with Crippen molar-refractivity contribution >= 4 is 39.0 Å². The number of pyridine rings is 1. The van der Waals surface area contributed by atoms with Crippen molar-refractivity contribution < 1.29 is 31.9 Å². The minimum absolute atomic E-state index is 0.245. The smallest absolute Gasteiger partial charge is 0.326 e. The van der Waals surface area contributed by atoms with E-state index in [1.165, 1.54) is 42.6 Å². The predicted molar refractivity (Wildman–Crippen MR) is 119 cm³/mol. The molecule has 0 spiro atoms. The number of carbonyl (C=O) groups is 2. The van der Waals surface area contributed by atoms with Gasteiger partial charge in [0.25, 0.3) is 15.9 Å². The van der Waals surface area contributed by atoms with E-state index < -0.39 is 50.8 Å². The number of rotatable bonds is 8. The molecule has 1 aromatic heterocycles. The summed E-state index contributed by atoms with van der Waals surface area (Å²) in [6, 6.07) is 7.38. The van der Waals surface area contributed by atoms with Crippen molar-refractivity contribution in [3.63, 3.8) is 0 Å². The fourth-order valence-corrected chi connectivity index (χ4v) is 3.91. The topological polar surface area (TPSA) is 177 Å². The number of anilines is 3. The van der Waals surface area contributed by atoms with Gasteiger partial charge in [0.05, 0.1) is 28.0 Å². The van der Waals surface area contributed by atoms with Gasteiger partial charge in [-0.3, -0.25) is 14.5 Å². The van der Waals surface area contributed by atoms with Gasteiger partial charge in [0.2, 0.25) is 0 Å². The molecule has 3 rings (SSSR count). The molecular weight excluding hydrogens is 472 g/mol. The Labute approximate surface area is 192 Å². The lowest BCUT2D eigenvalue weighted by Crippen LogP contribution is -2.42. The Hall–Kier alpha value is -4.26. The zero-order chi connectivity index (χ0) is 25.0. The summed E-state index contributed by atoms with van der Waals surface area (Å²) in [4.78, 5) is 27.7. The minimum atomic E-state index is -4.28. The molecule has 0 bridgehead atoms. The molecule has 0 aliphatic heterocycles. The van der Waals surface area contributed by atoms with Crippen molar-refractivity contribution in [3.05, 3.63) is 77.6 Å². The molecular formula is C21H19F2N5O5S. The number of nitrogens with zero attached hydrogens (tertiary/aromatic N) is 1. The van der Waals surface area contributed by atoms with Crippen LogP contribution in [-0.4, -0.2) is 36.4 Å². The third kappa shape index (κ3) is 5.75. The Kier molecular flexibility index (Phi) is 6.96. The molecule has 178 valence electrons. The van der Waals surface area contributed by atoms with E-state index in [0.717, 1.165) is 0 Å². The molecule has 0 saturated carbocycles. The van der Waals surface area contributed by atoms with Gasteiger partial charge in [-0.2, -0.15) is 0 Å². The van der Waals surface area contributed by atoms with E-state index in [9.17, 15) is 31.9 Å². The summed E-state index contributed by atoms with van der Waals surface area (Å²) in [5.74, 6) is -5.17. The van der Waals surface area contributed by atoms with Crippen LogP contribution >= 0.6 is 0 Å². The second-order valence-corrected chi connectivity index (χ2v) is 8.82. The Balaban J connectivity index is 1.80. The van der Waals surface area contributed by atoms with Gasteiger partial charge in [-0.25, -0.2) is 22.0 Å². The number of carboxylic acids is 1. The molecule has 1 amide bonds. The number of aliphatic carboxylic acids is 1. The lowest BCUT2D eigenvalue weighted by molar-refractivity contribution is -0.139. The first-order chi connectivity index (χ1) is 16.0. The van der Waals surface area contributed by atoms with Crippen molar-refractivity contribution in [2.45, 2.75) is 17.4 Å². The molecule has 0 aliphatic carbocycles. The quantitative estimate of drug-likeness (QED) is 0.296. The Bertz CT molecular complexity index is 1330. The first-order valence-electron chi connectivity index (χ1n) is 9.58. The van der Waals surface area contributed by atoms with Crippen molar-refractivity contribution in [3.8, 4) is 0 Å². The van der Waals surface area contributed by atoms with Gasteiger partial charge in [0.1, 0.15) is 17.7 Å². The third-order valence-electron chi connectivity index (χ3n) is 4.60. The molecule has 0 unspecified atom stereocenters. The highest BCUT2D eigenvalue weighted by molar-refractivity contribution is 7.92.